The van der Waals surface area contributed by atoms with Crippen LogP contribution in [0, 0.1) is 0 Å². The Hall–Kier alpha value is -2.18. The highest BCUT2D eigenvalue weighted by Gasteiger charge is 2.92. The summed E-state index contributed by atoms with van der Waals surface area (Å²) >= 11 is 0. The summed E-state index contributed by atoms with van der Waals surface area (Å²) < 4.78 is 206. The molecule has 0 aromatic carbocycles. The van der Waals surface area contributed by atoms with Gasteiger partial charge in [-0.15, -0.1) is 0 Å². The summed E-state index contributed by atoms with van der Waals surface area (Å²) in [5, 5.41) is 0. The number of nitrogens with zero attached hydrogens (tertiary/aromatic N) is 2. The van der Waals surface area contributed by atoms with Gasteiger partial charge in [0.25, 0.3) is 6.33 Å². The van der Waals surface area contributed by atoms with Crippen LogP contribution >= 0.6 is 0 Å². The molecule has 0 unspecified atom stereocenters. The molecule has 0 aliphatic heterocycles. The molecule has 0 spiro atoms. The van der Waals surface area contributed by atoms with Crippen molar-refractivity contribution in [1.29, 1.82) is 0 Å². The van der Waals surface area contributed by atoms with E-state index in [0.717, 1.165) is 0 Å². The van der Waals surface area contributed by atoms with Crippen molar-refractivity contribution in [2.24, 2.45) is 0 Å². The molecule has 0 aliphatic carbocycles. The van der Waals surface area contributed by atoms with Crippen LogP contribution in [0.25, 0.3) is 6.20 Å². The fraction of sp³-hybridized carbons (Fsp3) is 0.545. The highest BCUT2D eigenvalue weighted by Crippen LogP contribution is 2.60. The van der Waals surface area contributed by atoms with E-state index in [1.165, 1.54) is 0 Å². The minimum absolute atomic E-state index is 0.0499. The van der Waals surface area contributed by atoms with Crippen molar-refractivity contribution in [3.8, 4) is 0 Å². The van der Waals surface area contributed by atoms with Crippen LogP contribution in [0.15, 0.2) is 25.3 Å². The summed E-state index contributed by atoms with van der Waals surface area (Å²) in [6, 6.07) is -6.32. The van der Waals surface area contributed by atoms with Crippen molar-refractivity contribution in [3.63, 3.8) is 0 Å². The van der Waals surface area contributed by atoms with E-state index in [9.17, 15) is 74.3 Å². The summed E-state index contributed by atoms with van der Waals surface area (Å²) in [5.41, 5.74) is 0. The van der Waals surface area contributed by atoms with Gasteiger partial charge in [-0.2, -0.15) is 61.6 Å². The third-order valence-electron chi connectivity index (χ3n) is 3.11. The van der Waals surface area contributed by atoms with E-state index >= 15 is 0 Å². The lowest BCUT2D eigenvalue weighted by molar-refractivity contribution is -0.849. The molecule has 0 aliphatic rings. The number of hydrogen-bond acceptors (Lipinski definition) is 0. The standard InChI is InChI=1S/C11H6F13N2.BF4/c1-2-25-3-4-26(5-25)11(23,24)9(18,19)7(14,15)6(12,13)8(16,17)10(20,21)22;2-1(3,4)5/h2-5H,1H2;/q+1;-1. The lowest BCUT2D eigenvalue weighted by Gasteiger charge is -2.38. The van der Waals surface area contributed by atoms with Crippen molar-refractivity contribution >= 4 is 13.5 Å². The Bertz CT molecular complexity index is 753. The van der Waals surface area contributed by atoms with Gasteiger partial charge in [-0.3, -0.25) is 0 Å². The Morgan fingerprint density at radius 3 is 1.32 bits per heavy atom. The lowest BCUT2D eigenvalue weighted by atomic mass is 9.96. The number of halogens is 17. The Kier molecular flexibility index (Phi) is 7.50. The number of rotatable bonds is 6. The number of imidazole rings is 1. The molecule has 0 saturated carbocycles. The Morgan fingerprint density at radius 2 is 1.03 bits per heavy atom. The fourth-order valence-corrected chi connectivity index (χ4v) is 1.57. The normalized spacial score (nSPS) is 14.7. The average Bonchev–Trinajstić information content (AvgIpc) is 3.01. The van der Waals surface area contributed by atoms with E-state index in [1.807, 2.05) is 0 Å². The quantitative estimate of drug-likeness (QED) is 0.264. The van der Waals surface area contributed by atoms with Crippen LogP contribution in [-0.2, 0) is 6.05 Å². The van der Waals surface area contributed by atoms with Crippen molar-refractivity contribution in [1.82, 2.24) is 4.57 Å². The van der Waals surface area contributed by atoms with Crippen molar-refractivity contribution in [3.05, 3.63) is 25.3 Å². The smallest absolute Gasteiger partial charge is 0.418 e. The Balaban J connectivity index is 0.00000161. The highest BCUT2D eigenvalue weighted by molar-refractivity contribution is 6.50. The molecule has 1 rings (SSSR count). The van der Waals surface area contributed by atoms with Crippen LogP contribution in [-0.4, -0.2) is 41.7 Å². The van der Waals surface area contributed by atoms with E-state index in [-0.39, 0.29) is 12.5 Å². The summed E-state index contributed by atoms with van der Waals surface area (Å²) in [6.45, 7) is 2.96. The first-order valence-corrected chi connectivity index (χ1v) is 6.84. The molecule has 1 heterocycles. The van der Waals surface area contributed by atoms with Gasteiger partial charge >= 0.3 is 43.2 Å². The van der Waals surface area contributed by atoms with Gasteiger partial charge in [-0.25, -0.2) is 4.57 Å². The summed E-state index contributed by atoms with van der Waals surface area (Å²) in [5.74, 6) is -30.8. The molecule has 2 nitrogen and oxygen atoms in total. The van der Waals surface area contributed by atoms with Gasteiger partial charge in [0, 0.05) is 0 Å². The largest absolute Gasteiger partial charge is 0.673 e. The first kappa shape index (κ1) is 28.8. The Labute approximate surface area is 159 Å². The summed E-state index contributed by atoms with van der Waals surface area (Å²) in [4.78, 5) is 0. The molecule has 0 fully saturated rings. The Morgan fingerprint density at radius 1 is 0.677 bits per heavy atom. The van der Waals surface area contributed by atoms with Crippen molar-refractivity contribution in [2.75, 3.05) is 0 Å². The van der Waals surface area contributed by atoms with Crippen LogP contribution in [0.5, 0.6) is 0 Å². The number of alkyl halides is 13. The van der Waals surface area contributed by atoms with E-state index < -0.39 is 47.7 Å². The van der Waals surface area contributed by atoms with Gasteiger partial charge < -0.3 is 17.3 Å². The second-order valence-corrected chi connectivity index (χ2v) is 5.28. The molecule has 0 bridgehead atoms. The van der Waals surface area contributed by atoms with Gasteiger partial charge in [0.2, 0.25) is 0 Å². The average molecular weight is 500 g/mol. The zero-order valence-electron chi connectivity index (χ0n) is 13.9. The van der Waals surface area contributed by atoms with E-state index in [0.29, 0.717) is 17.0 Å². The second kappa shape index (κ2) is 8.07. The van der Waals surface area contributed by atoms with Gasteiger partial charge in [0.15, 0.2) is 0 Å². The third kappa shape index (κ3) is 5.18. The number of hydrogen-bond donors (Lipinski definition) is 0. The summed E-state index contributed by atoms with van der Waals surface area (Å²) in [7, 11) is -6.00. The van der Waals surface area contributed by atoms with Gasteiger partial charge in [-0.05, 0) is 0 Å². The molecule has 0 amide bonds. The zero-order chi connectivity index (χ0) is 25.5. The zero-order valence-corrected chi connectivity index (χ0v) is 13.9. The first-order chi connectivity index (χ1) is 13.3. The maximum absolute atomic E-state index is 13.6. The minimum atomic E-state index is -7.91. The molecule has 0 radical (unpaired) electrons. The molecule has 1 aromatic heterocycles. The molecular weight excluding hydrogens is 494 g/mol. The second-order valence-electron chi connectivity index (χ2n) is 5.28. The maximum atomic E-state index is 13.6. The van der Waals surface area contributed by atoms with E-state index in [4.69, 9.17) is 0 Å². The van der Waals surface area contributed by atoms with E-state index in [1.54, 1.807) is 0 Å². The van der Waals surface area contributed by atoms with E-state index in [2.05, 4.69) is 6.58 Å². The van der Waals surface area contributed by atoms with Crippen molar-refractivity contribution < 1.29 is 78.9 Å². The topological polar surface area (TPSA) is 8.81 Å². The molecular formula is C11H6BF17N2. The predicted octanol–water partition coefficient (Wildman–Crippen LogP) is 5.83. The molecule has 182 valence electrons. The van der Waals surface area contributed by atoms with Crippen LogP contribution < -0.4 is 4.57 Å². The minimum Gasteiger partial charge on any atom is -0.418 e. The van der Waals surface area contributed by atoms with Crippen LogP contribution in [0.3, 0.4) is 0 Å². The molecule has 31 heavy (non-hydrogen) atoms. The fourth-order valence-electron chi connectivity index (χ4n) is 1.57. The molecule has 20 heteroatoms. The molecule has 0 atom stereocenters. The number of aromatic nitrogens is 2. The van der Waals surface area contributed by atoms with Crippen molar-refractivity contribution in [2.45, 2.75) is 35.9 Å². The monoisotopic (exact) mass is 500 g/mol. The SMILES string of the molecule is C=Cn1cc[n+](C(F)(F)C(F)(F)C(F)(F)C(F)(F)C(F)(F)C(F)(F)F)c1.F[B-](F)(F)F. The van der Waals surface area contributed by atoms with Gasteiger partial charge in [0.1, 0.15) is 12.4 Å². The summed E-state index contributed by atoms with van der Waals surface area (Å²) in [6.07, 6.45) is -6.39. The van der Waals surface area contributed by atoms with Gasteiger partial charge in [0.05, 0.1) is 6.20 Å². The maximum Gasteiger partial charge on any atom is 0.673 e. The highest BCUT2D eigenvalue weighted by atomic mass is 19.5. The first-order valence-electron chi connectivity index (χ1n) is 6.84. The molecule has 0 saturated heterocycles. The lowest BCUT2D eigenvalue weighted by Crippen LogP contribution is -2.74. The van der Waals surface area contributed by atoms with Crippen LogP contribution in [0.1, 0.15) is 0 Å². The predicted molar refractivity (Wildman–Crippen MR) is 67.2 cm³/mol. The van der Waals surface area contributed by atoms with Crippen LogP contribution in [0.2, 0.25) is 0 Å². The van der Waals surface area contributed by atoms with Crippen LogP contribution in [0.4, 0.5) is 74.3 Å². The molecule has 0 N–H and O–H groups in total. The molecule has 1 aromatic rings. The van der Waals surface area contributed by atoms with Gasteiger partial charge in [-0.1, -0.05) is 6.58 Å². The third-order valence-corrected chi connectivity index (χ3v) is 3.11.